The van der Waals surface area contributed by atoms with Gasteiger partial charge in [-0.05, 0) is 63.0 Å². The van der Waals surface area contributed by atoms with E-state index in [1.807, 2.05) is 0 Å². The predicted octanol–water partition coefficient (Wildman–Crippen LogP) is 6.38. The summed E-state index contributed by atoms with van der Waals surface area (Å²) >= 11 is 0. The molecule has 2 aliphatic rings. The van der Waals surface area contributed by atoms with Crippen LogP contribution < -0.4 is 4.74 Å². The average molecular weight is 312 g/mol. The number of hydrogen-bond acceptors (Lipinski definition) is 1. The molecule has 0 radical (unpaired) electrons. The topological polar surface area (TPSA) is 9.23 Å². The van der Waals surface area contributed by atoms with E-state index in [0.29, 0.717) is 11.8 Å². The lowest BCUT2D eigenvalue weighted by Gasteiger charge is -2.48. The van der Waals surface area contributed by atoms with Gasteiger partial charge in [0.15, 0.2) is 0 Å². The molecule has 1 aromatic rings. The molecule has 0 spiro atoms. The fourth-order valence-corrected chi connectivity index (χ4v) is 4.86. The highest BCUT2D eigenvalue weighted by molar-refractivity contribution is 5.49. The highest BCUT2D eigenvalue weighted by Gasteiger charge is 2.46. The molecule has 23 heavy (non-hydrogen) atoms. The molecule has 1 heteroatoms. The van der Waals surface area contributed by atoms with Gasteiger partial charge in [0, 0.05) is 11.5 Å². The average Bonchev–Trinajstić information content (AvgIpc) is 2.45. The second-order valence-electron chi connectivity index (χ2n) is 8.76. The van der Waals surface area contributed by atoms with Gasteiger partial charge in [0.05, 0.1) is 0 Å². The van der Waals surface area contributed by atoms with E-state index in [2.05, 4.69) is 65.8 Å². The Labute approximate surface area is 142 Å². The van der Waals surface area contributed by atoms with Crippen LogP contribution in [0.2, 0.25) is 0 Å². The van der Waals surface area contributed by atoms with Gasteiger partial charge in [0.2, 0.25) is 0 Å². The molecule has 2 atom stereocenters. The minimum absolute atomic E-state index is 0.0810. The summed E-state index contributed by atoms with van der Waals surface area (Å²) in [4.78, 5) is 0. The molecule has 0 amide bonds. The van der Waals surface area contributed by atoms with Crippen molar-refractivity contribution in [2.45, 2.75) is 84.2 Å². The molecule has 0 N–H and O–H groups in total. The maximum Gasteiger partial charge on any atom is 0.123 e. The molecule has 1 aromatic carbocycles. The highest BCUT2D eigenvalue weighted by Crippen LogP contribution is 2.54. The van der Waals surface area contributed by atoms with Crippen molar-refractivity contribution in [3.8, 4) is 5.75 Å². The Morgan fingerprint density at radius 1 is 1.26 bits per heavy atom. The molecule has 0 saturated heterocycles. The number of hydrogen-bond donors (Lipinski definition) is 0. The van der Waals surface area contributed by atoms with E-state index in [1.165, 1.54) is 36.0 Å². The zero-order valence-corrected chi connectivity index (χ0v) is 15.7. The first-order chi connectivity index (χ1) is 10.8. The first-order valence-corrected chi connectivity index (χ1v) is 9.24. The van der Waals surface area contributed by atoms with Gasteiger partial charge in [-0.15, -0.1) is 0 Å². The maximum atomic E-state index is 6.51. The third kappa shape index (κ3) is 2.84. The van der Waals surface area contributed by atoms with Crippen LogP contribution in [0.4, 0.5) is 0 Å². The van der Waals surface area contributed by atoms with E-state index in [4.69, 9.17) is 4.74 Å². The molecular weight excluding hydrogens is 280 g/mol. The first-order valence-electron chi connectivity index (χ1n) is 9.24. The Kier molecular flexibility index (Phi) is 4.11. The maximum absolute atomic E-state index is 6.51. The van der Waals surface area contributed by atoms with E-state index in [9.17, 15) is 0 Å². The van der Waals surface area contributed by atoms with Crippen molar-refractivity contribution < 1.29 is 4.74 Å². The van der Waals surface area contributed by atoms with Crippen molar-refractivity contribution in [3.05, 3.63) is 41.0 Å². The fourth-order valence-electron chi connectivity index (χ4n) is 4.86. The fraction of sp³-hybridized carbons (Fsp3) is 0.636. The molecule has 0 bridgehead atoms. The standard InChI is InChI=1S/C22H32O/c1-7-13-21(3,4)18-9-8-10-19-20(18)16-14-15(2)11-12-17(16)22(5,6)23-19/h8-11,16-17H,7,12-14H2,1-6H3. The van der Waals surface area contributed by atoms with Gasteiger partial charge < -0.3 is 4.74 Å². The van der Waals surface area contributed by atoms with Gasteiger partial charge in [-0.1, -0.05) is 51.0 Å². The van der Waals surface area contributed by atoms with Gasteiger partial charge in [0.1, 0.15) is 11.4 Å². The number of benzene rings is 1. The van der Waals surface area contributed by atoms with Crippen molar-refractivity contribution in [3.63, 3.8) is 0 Å². The number of ether oxygens (including phenoxy) is 1. The van der Waals surface area contributed by atoms with E-state index in [-0.39, 0.29) is 11.0 Å². The molecule has 1 nitrogen and oxygen atoms in total. The van der Waals surface area contributed by atoms with Crippen LogP contribution in [0.1, 0.15) is 84.3 Å². The minimum Gasteiger partial charge on any atom is -0.487 e. The first kappa shape index (κ1) is 16.6. The molecule has 0 aromatic heterocycles. The van der Waals surface area contributed by atoms with Crippen molar-refractivity contribution in [2.24, 2.45) is 5.92 Å². The van der Waals surface area contributed by atoms with Crippen LogP contribution in [0.5, 0.6) is 5.75 Å². The van der Waals surface area contributed by atoms with Crippen LogP contribution in [0, 0.1) is 5.92 Å². The number of rotatable bonds is 3. The summed E-state index contributed by atoms with van der Waals surface area (Å²) in [7, 11) is 0. The van der Waals surface area contributed by atoms with Crippen molar-refractivity contribution >= 4 is 0 Å². The zero-order valence-electron chi connectivity index (χ0n) is 15.7. The summed E-state index contributed by atoms with van der Waals surface area (Å²) < 4.78 is 6.51. The molecule has 1 aliphatic heterocycles. The third-order valence-corrected chi connectivity index (χ3v) is 6.05. The summed E-state index contributed by atoms with van der Waals surface area (Å²) in [6.45, 7) is 13.9. The monoisotopic (exact) mass is 312 g/mol. The van der Waals surface area contributed by atoms with Gasteiger partial charge in [-0.2, -0.15) is 0 Å². The summed E-state index contributed by atoms with van der Waals surface area (Å²) in [6, 6.07) is 6.72. The molecule has 3 rings (SSSR count). The molecule has 126 valence electrons. The Morgan fingerprint density at radius 2 is 2.00 bits per heavy atom. The second-order valence-corrected chi connectivity index (χ2v) is 8.76. The second kappa shape index (κ2) is 5.69. The van der Waals surface area contributed by atoms with Crippen LogP contribution in [0.25, 0.3) is 0 Å². The number of allylic oxidation sites excluding steroid dienone is 2. The van der Waals surface area contributed by atoms with Crippen LogP contribution in [0.15, 0.2) is 29.8 Å². The minimum atomic E-state index is -0.0810. The molecular formula is C22H32O. The van der Waals surface area contributed by atoms with Gasteiger partial charge in [-0.3, -0.25) is 0 Å². The highest BCUT2D eigenvalue weighted by atomic mass is 16.5. The smallest absolute Gasteiger partial charge is 0.123 e. The van der Waals surface area contributed by atoms with Crippen molar-refractivity contribution in [1.29, 1.82) is 0 Å². The summed E-state index contributed by atoms with van der Waals surface area (Å²) in [5.41, 5.74) is 4.69. The van der Waals surface area contributed by atoms with Crippen LogP contribution in [-0.4, -0.2) is 5.60 Å². The third-order valence-electron chi connectivity index (χ3n) is 6.05. The quantitative estimate of drug-likeness (QED) is 0.589. The Morgan fingerprint density at radius 3 is 2.70 bits per heavy atom. The normalized spacial score (nSPS) is 25.9. The summed E-state index contributed by atoms with van der Waals surface area (Å²) in [5.74, 6) is 2.32. The molecule has 2 unspecified atom stereocenters. The van der Waals surface area contributed by atoms with Gasteiger partial charge >= 0.3 is 0 Å². The lowest BCUT2D eigenvalue weighted by molar-refractivity contribution is 0.00772. The van der Waals surface area contributed by atoms with Crippen molar-refractivity contribution in [2.75, 3.05) is 0 Å². The van der Waals surface area contributed by atoms with E-state index >= 15 is 0 Å². The molecule has 1 heterocycles. The summed E-state index contributed by atoms with van der Waals surface area (Å²) in [5, 5.41) is 0. The largest absolute Gasteiger partial charge is 0.487 e. The van der Waals surface area contributed by atoms with E-state index in [0.717, 1.165) is 12.2 Å². The lowest BCUT2D eigenvalue weighted by atomic mass is 9.64. The molecule has 1 aliphatic carbocycles. The van der Waals surface area contributed by atoms with Gasteiger partial charge in [0.25, 0.3) is 0 Å². The lowest BCUT2D eigenvalue weighted by Crippen LogP contribution is -2.46. The molecule has 0 saturated carbocycles. The van der Waals surface area contributed by atoms with Crippen LogP contribution in [0.3, 0.4) is 0 Å². The van der Waals surface area contributed by atoms with E-state index in [1.54, 1.807) is 0 Å². The molecule has 0 fully saturated rings. The van der Waals surface area contributed by atoms with Gasteiger partial charge in [-0.25, -0.2) is 0 Å². The SMILES string of the molecule is CCCC(C)(C)c1cccc2c1C1CC(C)=CCC1C(C)(C)O2. The number of fused-ring (bicyclic) bond motifs is 3. The summed E-state index contributed by atoms with van der Waals surface area (Å²) in [6.07, 6.45) is 7.20. The van der Waals surface area contributed by atoms with E-state index < -0.39 is 0 Å². The Balaban J connectivity index is 2.15. The zero-order chi connectivity index (χ0) is 16.8. The van der Waals surface area contributed by atoms with Crippen molar-refractivity contribution in [1.82, 2.24) is 0 Å². The Hall–Kier alpha value is -1.24. The van der Waals surface area contributed by atoms with Crippen LogP contribution in [-0.2, 0) is 5.41 Å². The predicted molar refractivity (Wildman–Crippen MR) is 98.3 cm³/mol. The Bertz CT molecular complexity index is 621. The van der Waals surface area contributed by atoms with Crippen LogP contribution >= 0.6 is 0 Å².